The van der Waals surface area contributed by atoms with Crippen LogP contribution in [-0.2, 0) is 0 Å². The molecule has 2 rings (SSSR count). The lowest BCUT2D eigenvalue weighted by atomic mass is 9.64. The van der Waals surface area contributed by atoms with Gasteiger partial charge in [0.2, 0.25) is 0 Å². The van der Waals surface area contributed by atoms with E-state index < -0.39 is 6.10 Å². The Morgan fingerprint density at radius 2 is 1.71 bits per heavy atom. The normalized spacial score (nSPS) is 27.2. The molecule has 1 unspecified atom stereocenters. The molecule has 0 radical (unpaired) electrons. The van der Waals surface area contributed by atoms with Gasteiger partial charge in [-0.25, -0.2) is 0 Å². The summed E-state index contributed by atoms with van der Waals surface area (Å²) < 4.78 is 0. The Hall–Kier alpha value is -0.120. The van der Waals surface area contributed by atoms with Gasteiger partial charge in [-0.3, -0.25) is 0 Å². The Labute approximate surface area is 105 Å². The van der Waals surface area contributed by atoms with Crippen LogP contribution in [0.15, 0.2) is 0 Å². The monoisotopic (exact) mass is 241 g/mol. The quantitative estimate of drug-likeness (QED) is 0.704. The zero-order valence-corrected chi connectivity index (χ0v) is 10.8. The van der Waals surface area contributed by atoms with Gasteiger partial charge in [-0.05, 0) is 43.9 Å². The molecule has 17 heavy (non-hydrogen) atoms. The molecule has 0 saturated heterocycles. The molecule has 0 aliphatic heterocycles. The SMILES string of the molecule is OCC(O)CNC1CCC2(CCCCC2)CC1. The minimum Gasteiger partial charge on any atom is -0.394 e. The number of nitrogens with one attached hydrogen (secondary N) is 1. The first-order valence-electron chi connectivity index (χ1n) is 7.26. The third kappa shape index (κ3) is 3.67. The highest BCUT2D eigenvalue weighted by Gasteiger charge is 2.35. The van der Waals surface area contributed by atoms with Crippen LogP contribution in [0.1, 0.15) is 57.8 Å². The van der Waals surface area contributed by atoms with Crippen LogP contribution in [0.3, 0.4) is 0 Å². The van der Waals surface area contributed by atoms with Crippen molar-refractivity contribution in [2.24, 2.45) is 5.41 Å². The van der Waals surface area contributed by atoms with Crippen LogP contribution >= 0.6 is 0 Å². The summed E-state index contributed by atoms with van der Waals surface area (Å²) in [4.78, 5) is 0. The van der Waals surface area contributed by atoms with Crippen molar-refractivity contribution >= 4 is 0 Å². The second-order valence-corrected chi connectivity index (χ2v) is 6.08. The molecule has 0 heterocycles. The van der Waals surface area contributed by atoms with Crippen molar-refractivity contribution in [3.05, 3.63) is 0 Å². The summed E-state index contributed by atoms with van der Waals surface area (Å²) in [6, 6.07) is 0.559. The molecule has 3 nitrogen and oxygen atoms in total. The molecule has 3 N–H and O–H groups in total. The molecular formula is C14H27NO2. The van der Waals surface area contributed by atoms with E-state index in [9.17, 15) is 5.11 Å². The lowest BCUT2D eigenvalue weighted by Gasteiger charge is -2.43. The summed E-state index contributed by atoms with van der Waals surface area (Å²) >= 11 is 0. The first kappa shape index (κ1) is 13.3. The maximum atomic E-state index is 9.32. The Kier molecular flexibility index (Phi) is 4.83. The van der Waals surface area contributed by atoms with Gasteiger partial charge < -0.3 is 15.5 Å². The molecule has 3 heteroatoms. The molecule has 1 spiro atoms. The summed E-state index contributed by atoms with van der Waals surface area (Å²) in [6.07, 6.45) is 11.8. The molecule has 0 aromatic rings. The highest BCUT2D eigenvalue weighted by molar-refractivity contribution is 4.90. The third-order valence-electron chi connectivity index (χ3n) is 4.81. The lowest BCUT2D eigenvalue weighted by molar-refractivity contribution is 0.0778. The summed E-state index contributed by atoms with van der Waals surface area (Å²) in [5.74, 6) is 0. The van der Waals surface area contributed by atoms with E-state index in [-0.39, 0.29) is 6.61 Å². The molecule has 100 valence electrons. The van der Waals surface area contributed by atoms with Gasteiger partial charge in [0.1, 0.15) is 0 Å². The Balaban J connectivity index is 1.70. The maximum Gasteiger partial charge on any atom is 0.0895 e. The minimum atomic E-state index is -0.597. The van der Waals surface area contributed by atoms with E-state index in [0.717, 1.165) is 0 Å². The Morgan fingerprint density at radius 1 is 1.06 bits per heavy atom. The van der Waals surface area contributed by atoms with E-state index in [2.05, 4.69) is 5.32 Å². The molecule has 2 aliphatic carbocycles. The number of rotatable bonds is 4. The zero-order chi connectivity index (χ0) is 12.1. The Bertz CT molecular complexity index is 216. The molecule has 0 aromatic heterocycles. The van der Waals surface area contributed by atoms with Gasteiger partial charge in [-0.2, -0.15) is 0 Å². The van der Waals surface area contributed by atoms with Gasteiger partial charge in [0.15, 0.2) is 0 Å². The van der Waals surface area contributed by atoms with E-state index in [4.69, 9.17) is 5.11 Å². The zero-order valence-electron chi connectivity index (χ0n) is 10.8. The van der Waals surface area contributed by atoms with Crippen molar-refractivity contribution in [1.29, 1.82) is 0 Å². The van der Waals surface area contributed by atoms with Crippen molar-refractivity contribution in [2.75, 3.05) is 13.2 Å². The van der Waals surface area contributed by atoms with Gasteiger partial charge in [0.25, 0.3) is 0 Å². The average molecular weight is 241 g/mol. The van der Waals surface area contributed by atoms with Crippen LogP contribution in [0.25, 0.3) is 0 Å². The van der Waals surface area contributed by atoms with E-state index in [0.29, 0.717) is 18.0 Å². The van der Waals surface area contributed by atoms with Gasteiger partial charge in [-0.15, -0.1) is 0 Å². The molecule has 1 atom stereocenters. The number of hydrogen-bond donors (Lipinski definition) is 3. The predicted molar refractivity (Wildman–Crippen MR) is 68.9 cm³/mol. The van der Waals surface area contributed by atoms with Crippen molar-refractivity contribution < 1.29 is 10.2 Å². The van der Waals surface area contributed by atoms with E-state index in [1.165, 1.54) is 57.8 Å². The fourth-order valence-electron chi connectivity index (χ4n) is 3.60. The maximum absolute atomic E-state index is 9.32. The second-order valence-electron chi connectivity index (χ2n) is 6.08. The van der Waals surface area contributed by atoms with E-state index in [1.807, 2.05) is 0 Å². The van der Waals surface area contributed by atoms with Crippen molar-refractivity contribution in [3.8, 4) is 0 Å². The number of hydrogen-bond acceptors (Lipinski definition) is 3. The third-order valence-corrected chi connectivity index (χ3v) is 4.81. The standard InChI is InChI=1S/C14H27NO2/c16-11-13(17)10-15-12-4-8-14(9-5-12)6-2-1-3-7-14/h12-13,15-17H,1-11H2. The van der Waals surface area contributed by atoms with Crippen LogP contribution in [0, 0.1) is 5.41 Å². The van der Waals surface area contributed by atoms with Gasteiger partial charge in [0, 0.05) is 12.6 Å². The fourth-order valence-corrected chi connectivity index (χ4v) is 3.60. The number of aliphatic hydroxyl groups is 2. The van der Waals surface area contributed by atoms with Crippen LogP contribution < -0.4 is 5.32 Å². The molecule has 2 fully saturated rings. The molecule has 2 saturated carbocycles. The van der Waals surface area contributed by atoms with Crippen molar-refractivity contribution in [2.45, 2.75) is 69.9 Å². The topological polar surface area (TPSA) is 52.5 Å². The predicted octanol–water partition coefficient (Wildman–Crippen LogP) is 1.82. The van der Waals surface area contributed by atoms with Gasteiger partial charge in [-0.1, -0.05) is 19.3 Å². The summed E-state index contributed by atoms with van der Waals surface area (Å²) in [6.45, 7) is 0.401. The summed E-state index contributed by atoms with van der Waals surface area (Å²) in [7, 11) is 0. The molecule has 0 aromatic carbocycles. The van der Waals surface area contributed by atoms with Crippen LogP contribution in [0.2, 0.25) is 0 Å². The average Bonchev–Trinajstić information content (AvgIpc) is 2.39. The minimum absolute atomic E-state index is 0.135. The summed E-state index contributed by atoms with van der Waals surface area (Å²) in [5.41, 5.74) is 0.673. The molecular weight excluding hydrogens is 214 g/mol. The summed E-state index contributed by atoms with van der Waals surface area (Å²) in [5, 5.41) is 21.5. The molecule has 0 amide bonds. The largest absolute Gasteiger partial charge is 0.394 e. The second kappa shape index (κ2) is 6.17. The van der Waals surface area contributed by atoms with Crippen LogP contribution in [0.4, 0.5) is 0 Å². The molecule has 2 aliphatic rings. The smallest absolute Gasteiger partial charge is 0.0895 e. The van der Waals surface area contributed by atoms with Gasteiger partial charge >= 0.3 is 0 Å². The highest BCUT2D eigenvalue weighted by Crippen LogP contribution is 2.47. The van der Waals surface area contributed by atoms with Crippen molar-refractivity contribution in [3.63, 3.8) is 0 Å². The van der Waals surface area contributed by atoms with E-state index in [1.54, 1.807) is 0 Å². The molecule has 0 bridgehead atoms. The van der Waals surface area contributed by atoms with Crippen molar-refractivity contribution in [1.82, 2.24) is 5.32 Å². The van der Waals surface area contributed by atoms with Crippen LogP contribution in [-0.4, -0.2) is 35.5 Å². The number of aliphatic hydroxyl groups excluding tert-OH is 2. The van der Waals surface area contributed by atoms with E-state index >= 15 is 0 Å². The van der Waals surface area contributed by atoms with Crippen LogP contribution in [0.5, 0.6) is 0 Å². The first-order chi connectivity index (χ1) is 8.24. The fraction of sp³-hybridized carbons (Fsp3) is 1.00. The first-order valence-corrected chi connectivity index (χ1v) is 7.26. The highest BCUT2D eigenvalue weighted by atomic mass is 16.3. The lowest BCUT2D eigenvalue weighted by Crippen LogP contribution is -2.42. The van der Waals surface area contributed by atoms with Gasteiger partial charge in [0.05, 0.1) is 12.7 Å². The Morgan fingerprint density at radius 3 is 2.29 bits per heavy atom.